The molecule has 1 aromatic rings. The molecule has 132 valence electrons. The molecule has 3 rings (SSSR count). The Morgan fingerprint density at radius 3 is 2.29 bits per heavy atom. The van der Waals surface area contributed by atoms with E-state index in [1.165, 1.54) is 18.5 Å². The first-order valence-electron chi connectivity index (χ1n) is 9.48. The van der Waals surface area contributed by atoms with E-state index in [2.05, 4.69) is 59.3 Å². The number of nitrogens with zero attached hydrogens (tertiary/aromatic N) is 2. The van der Waals surface area contributed by atoms with Crippen molar-refractivity contribution in [2.24, 2.45) is 5.92 Å². The second kappa shape index (κ2) is 8.02. The van der Waals surface area contributed by atoms with Crippen molar-refractivity contribution in [3.63, 3.8) is 0 Å². The predicted molar refractivity (Wildman–Crippen MR) is 99.3 cm³/mol. The van der Waals surface area contributed by atoms with Crippen LogP contribution in [0.2, 0.25) is 0 Å². The van der Waals surface area contributed by atoms with Crippen LogP contribution in [0.25, 0.3) is 0 Å². The van der Waals surface area contributed by atoms with Crippen molar-refractivity contribution >= 4 is 11.6 Å². The SMILES string of the molecule is CC1CCC(NC(=O)[C@H](C)N2CCN(c3ccccc3)CC2)CC1. The van der Waals surface area contributed by atoms with Crippen LogP contribution < -0.4 is 10.2 Å². The van der Waals surface area contributed by atoms with E-state index in [-0.39, 0.29) is 11.9 Å². The number of rotatable bonds is 4. The predicted octanol–water partition coefficient (Wildman–Crippen LogP) is 2.89. The molecule has 0 radical (unpaired) electrons. The Kier molecular flexibility index (Phi) is 5.77. The number of nitrogens with one attached hydrogen (secondary N) is 1. The van der Waals surface area contributed by atoms with Crippen molar-refractivity contribution < 1.29 is 4.79 Å². The molecule has 0 bridgehead atoms. The van der Waals surface area contributed by atoms with Crippen molar-refractivity contribution in [1.82, 2.24) is 10.2 Å². The summed E-state index contributed by atoms with van der Waals surface area (Å²) in [6.45, 7) is 8.24. The Labute approximate surface area is 146 Å². The van der Waals surface area contributed by atoms with Gasteiger partial charge in [0, 0.05) is 37.9 Å². The number of benzene rings is 1. The lowest BCUT2D eigenvalue weighted by atomic mass is 9.87. The first-order chi connectivity index (χ1) is 11.6. The number of carbonyl (C=O) groups excluding carboxylic acids is 1. The molecule has 4 heteroatoms. The lowest BCUT2D eigenvalue weighted by Crippen LogP contribution is -2.55. The maximum atomic E-state index is 12.6. The average Bonchev–Trinajstić information content (AvgIpc) is 2.64. The van der Waals surface area contributed by atoms with Crippen molar-refractivity contribution in [1.29, 1.82) is 0 Å². The van der Waals surface area contributed by atoms with Gasteiger partial charge in [-0.05, 0) is 50.7 Å². The van der Waals surface area contributed by atoms with Gasteiger partial charge in [-0.1, -0.05) is 25.1 Å². The lowest BCUT2D eigenvalue weighted by molar-refractivity contribution is -0.127. The van der Waals surface area contributed by atoms with Crippen molar-refractivity contribution in [3.8, 4) is 0 Å². The summed E-state index contributed by atoms with van der Waals surface area (Å²) in [5.74, 6) is 1.03. The molecule has 2 fully saturated rings. The maximum absolute atomic E-state index is 12.6. The summed E-state index contributed by atoms with van der Waals surface area (Å²) in [4.78, 5) is 17.3. The Morgan fingerprint density at radius 2 is 1.67 bits per heavy atom. The number of piperazine rings is 1. The third kappa shape index (κ3) is 4.29. The Bertz CT molecular complexity index is 517. The third-order valence-corrected chi connectivity index (χ3v) is 5.73. The second-order valence-corrected chi connectivity index (χ2v) is 7.50. The van der Waals surface area contributed by atoms with Crippen molar-refractivity contribution in [2.75, 3.05) is 31.1 Å². The quantitative estimate of drug-likeness (QED) is 0.922. The fourth-order valence-electron chi connectivity index (χ4n) is 3.90. The van der Waals surface area contributed by atoms with Crippen molar-refractivity contribution in [2.45, 2.75) is 51.6 Å². The number of hydrogen-bond acceptors (Lipinski definition) is 3. The van der Waals surface area contributed by atoms with Crippen molar-refractivity contribution in [3.05, 3.63) is 30.3 Å². The van der Waals surface area contributed by atoms with Gasteiger partial charge in [0.1, 0.15) is 0 Å². The summed E-state index contributed by atoms with van der Waals surface area (Å²) < 4.78 is 0. The largest absolute Gasteiger partial charge is 0.369 e. The van der Waals surface area contributed by atoms with Gasteiger partial charge in [-0.15, -0.1) is 0 Å². The Hall–Kier alpha value is -1.55. The smallest absolute Gasteiger partial charge is 0.237 e. The zero-order valence-electron chi connectivity index (χ0n) is 15.1. The van der Waals surface area contributed by atoms with Crippen LogP contribution in [0.5, 0.6) is 0 Å². The van der Waals surface area contributed by atoms with E-state index in [4.69, 9.17) is 0 Å². The molecule has 1 aliphatic heterocycles. The van der Waals surface area contributed by atoms with Gasteiger partial charge in [0.15, 0.2) is 0 Å². The standard InChI is InChI=1S/C20H31N3O/c1-16-8-10-18(11-9-16)21-20(24)17(2)22-12-14-23(15-13-22)19-6-4-3-5-7-19/h3-7,16-18H,8-15H2,1-2H3,(H,21,24)/t16?,17-,18?/m0/s1. The summed E-state index contributed by atoms with van der Waals surface area (Å²) in [6.07, 6.45) is 4.77. The minimum atomic E-state index is -0.0257. The monoisotopic (exact) mass is 329 g/mol. The van der Waals surface area contributed by atoms with E-state index in [1.54, 1.807) is 0 Å². The van der Waals surface area contributed by atoms with Gasteiger partial charge < -0.3 is 10.2 Å². The average molecular weight is 329 g/mol. The molecule has 0 spiro atoms. The summed E-state index contributed by atoms with van der Waals surface area (Å²) in [7, 11) is 0. The van der Waals surface area contributed by atoms with E-state index in [9.17, 15) is 4.79 Å². The Balaban J connectivity index is 1.46. The van der Waals surface area contributed by atoms with Crippen LogP contribution in [0.3, 0.4) is 0 Å². The number of amides is 1. The van der Waals surface area contributed by atoms with E-state index in [0.717, 1.165) is 44.9 Å². The van der Waals surface area contributed by atoms with Crippen LogP contribution in [0.1, 0.15) is 39.5 Å². The minimum Gasteiger partial charge on any atom is -0.369 e. The molecule has 4 nitrogen and oxygen atoms in total. The topological polar surface area (TPSA) is 35.6 Å². The zero-order valence-corrected chi connectivity index (χ0v) is 15.1. The van der Waals surface area contributed by atoms with Crippen LogP contribution in [0, 0.1) is 5.92 Å². The number of carbonyl (C=O) groups is 1. The van der Waals surface area contributed by atoms with Crippen LogP contribution in [0.15, 0.2) is 30.3 Å². The maximum Gasteiger partial charge on any atom is 0.237 e. The highest BCUT2D eigenvalue weighted by Gasteiger charge is 2.28. The summed E-state index contributed by atoms with van der Waals surface area (Å²) >= 11 is 0. The van der Waals surface area contributed by atoms with Crippen LogP contribution in [0.4, 0.5) is 5.69 Å². The molecule has 1 aromatic carbocycles. The molecular formula is C20H31N3O. The number of hydrogen-bond donors (Lipinski definition) is 1. The van der Waals surface area contributed by atoms with Gasteiger partial charge in [0.2, 0.25) is 5.91 Å². The minimum absolute atomic E-state index is 0.0257. The van der Waals surface area contributed by atoms with Gasteiger partial charge in [-0.25, -0.2) is 0 Å². The molecule has 2 aliphatic rings. The van der Waals surface area contributed by atoms with Crippen LogP contribution in [-0.2, 0) is 4.79 Å². The number of para-hydroxylation sites is 1. The summed E-state index contributed by atoms with van der Waals surface area (Å²) in [5, 5.41) is 3.29. The molecule has 1 saturated carbocycles. The van der Waals surface area contributed by atoms with Gasteiger partial charge in [0.25, 0.3) is 0 Å². The molecule has 1 heterocycles. The summed E-state index contributed by atoms with van der Waals surface area (Å²) in [5.41, 5.74) is 1.28. The highest BCUT2D eigenvalue weighted by Crippen LogP contribution is 2.23. The molecule has 1 aliphatic carbocycles. The second-order valence-electron chi connectivity index (χ2n) is 7.50. The molecule has 0 aromatic heterocycles. The van der Waals surface area contributed by atoms with E-state index in [0.29, 0.717) is 6.04 Å². The fraction of sp³-hybridized carbons (Fsp3) is 0.650. The van der Waals surface area contributed by atoms with Gasteiger partial charge in [-0.2, -0.15) is 0 Å². The van der Waals surface area contributed by atoms with E-state index < -0.39 is 0 Å². The molecule has 1 amide bonds. The van der Waals surface area contributed by atoms with E-state index in [1.807, 2.05) is 0 Å². The number of anilines is 1. The zero-order chi connectivity index (χ0) is 16.9. The fourth-order valence-corrected chi connectivity index (χ4v) is 3.90. The van der Waals surface area contributed by atoms with E-state index >= 15 is 0 Å². The lowest BCUT2D eigenvalue weighted by Gasteiger charge is -2.39. The highest BCUT2D eigenvalue weighted by atomic mass is 16.2. The normalized spacial score (nSPS) is 26.8. The first kappa shape index (κ1) is 17.3. The molecule has 24 heavy (non-hydrogen) atoms. The first-order valence-corrected chi connectivity index (χ1v) is 9.48. The van der Waals surface area contributed by atoms with Gasteiger partial charge in [-0.3, -0.25) is 9.69 Å². The molecular weight excluding hydrogens is 298 g/mol. The third-order valence-electron chi connectivity index (χ3n) is 5.73. The molecule has 1 N–H and O–H groups in total. The van der Waals surface area contributed by atoms with Gasteiger partial charge >= 0.3 is 0 Å². The Morgan fingerprint density at radius 1 is 1.04 bits per heavy atom. The van der Waals surface area contributed by atoms with Gasteiger partial charge in [0.05, 0.1) is 6.04 Å². The summed E-state index contributed by atoms with van der Waals surface area (Å²) in [6, 6.07) is 10.9. The molecule has 1 saturated heterocycles. The molecule has 0 unspecified atom stereocenters. The highest BCUT2D eigenvalue weighted by molar-refractivity contribution is 5.81. The van der Waals surface area contributed by atoms with Crippen LogP contribution >= 0.6 is 0 Å². The molecule has 1 atom stereocenters. The van der Waals surface area contributed by atoms with Crippen LogP contribution in [-0.4, -0.2) is 49.1 Å².